The zero-order valence-corrected chi connectivity index (χ0v) is 11.4. The maximum absolute atomic E-state index is 12.1. The van der Waals surface area contributed by atoms with Crippen molar-refractivity contribution in [3.63, 3.8) is 0 Å². The van der Waals surface area contributed by atoms with E-state index < -0.39 is 21.8 Å². The normalized spacial score (nSPS) is 11.1. The summed E-state index contributed by atoms with van der Waals surface area (Å²) < 4.78 is 22.2. The summed E-state index contributed by atoms with van der Waals surface area (Å²) in [6.07, 6.45) is 0. The highest BCUT2D eigenvalue weighted by Crippen LogP contribution is 2.12. The monoisotopic (exact) mass is 306 g/mol. The summed E-state index contributed by atoms with van der Waals surface area (Å²) in [5.74, 6) is -1.76. The zero-order chi connectivity index (χ0) is 15.6. The fraction of sp³-hybridized carbons (Fsp3) is 0. The summed E-state index contributed by atoms with van der Waals surface area (Å²) in [6.45, 7) is 0. The number of ketones is 1. The van der Waals surface area contributed by atoms with E-state index in [0.29, 0.717) is 0 Å². The Balaban J connectivity index is 2.36. The third-order valence-corrected chi connectivity index (χ3v) is 3.58. The Hall–Kier alpha value is -2.58. The smallest absolute Gasteiger partial charge is 0.354 e. The SMILES string of the molecule is NS(=O)(=O)c1ccc(C(=O)c2cccc(C(=O)O)n2)cc1. The summed E-state index contributed by atoms with van der Waals surface area (Å²) in [5, 5.41) is 13.8. The van der Waals surface area contributed by atoms with Crippen molar-refractivity contribution >= 4 is 21.8 Å². The lowest BCUT2D eigenvalue weighted by Gasteiger charge is -2.03. The average molecular weight is 306 g/mol. The van der Waals surface area contributed by atoms with Crippen molar-refractivity contribution < 1.29 is 23.1 Å². The maximum atomic E-state index is 12.1. The van der Waals surface area contributed by atoms with Gasteiger partial charge in [-0.1, -0.05) is 6.07 Å². The van der Waals surface area contributed by atoms with Crippen molar-refractivity contribution in [2.45, 2.75) is 4.90 Å². The second-order valence-electron chi connectivity index (χ2n) is 4.11. The number of nitrogens with zero attached hydrogens (tertiary/aromatic N) is 1. The minimum Gasteiger partial charge on any atom is -0.477 e. The molecule has 21 heavy (non-hydrogen) atoms. The van der Waals surface area contributed by atoms with Crippen molar-refractivity contribution in [1.82, 2.24) is 4.98 Å². The number of carboxylic acid groups (broad SMARTS) is 1. The van der Waals surface area contributed by atoms with E-state index in [4.69, 9.17) is 10.2 Å². The van der Waals surface area contributed by atoms with E-state index in [1.54, 1.807) is 0 Å². The lowest BCUT2D eigenvalue weighted by Crippen LogP contribution is -2.13. The number of hydrogen-bond donors (Lipinski definition) is 2. The molecule has 8 heteroatoms. The zero-order valence-electron chi connectivity index (χ0n) is 10.6. The average Bonchev–Trinajstić information content (AvgIpc) is 2.46. The van der Waals surface area contributed by atoms with E-state index in [2.05, 4.69) is 4.98 Å². The molecule has 0 bridgehead atoms. The Morgan fingerprint density at radius 3 is 2.10 bits per heavy atom. The minimum absolute atomic E-state index is 0.0433. The molecule has 0 unspecified atom stereocenters. The van der Waals surface area contributed by atoms with Gasteiger partial charge in [0, 0.05) is 5.56 Å². The van der Waals surface area contributed by atoms with Gasteiger partial charge in [0.2, 0.25) is 15.8 Å². The van der Waals surface area contributed by atoms with Crippen molar-refractivity contribution in [1.29, 1.82) is 0 Å². The molecule has 0 saturated heterocycles. The lowest BCUT2D eigenvalue weighted by atomic mass is 10.1. The number of nitrogens with two attached hydrogens (primary N) is 1. The Morgan fingerprint density at radius 1 is 1.00 bits per heavy atom. The van der Waals surface area contributed by atoms with E-state index in [-0.39, 0.29) is 21.8 Å². The van der Waals surface area contributed by atoms with Crippen LogP contribution in [0.1, 0.15) is 26.5 Å². The van der Waals surface area contributed by atoms with Crippen LogP contribution in [0.2, 0.25) is 0 Å². The first-order valence-electron chi connectivity index (χ1n) is 5.67. The topological polar surface area (TPSA) is 127 Å². The van der Waals surface area contributed by atoms with Gasteiger partial charge in [-0.05, 0) is 36.4 Å². The van der Waals surface area contributed by atoms with Gasteiger partial charge in [-0.2, -0.15) is 0 Å². The van der Waals surface area contributed by atoms with Crippen LogP contribution in [0.3, 0.4) is 0 Å². The molecule has 0 aliphatic heterocycles. The summed E-state index contributed by atoms with van der Waals surface area (Å²) in [6, 6.07) is 9.02. The molecular formula is C13H10N2O5S. The molecule has 0 fully saturated rings. The number of sulfonamides is 1. The minimum atomic E-state index is -3.83. The summed E-state index contributed by atoms with van der Waals surface area (Å²) in [7, 11) is -3.83. The van der Waals surface area contributed by atoms with Crippen LogP contribution >= 0.6 is 0 Å². The first-order chi connectivity index (χ1) is 9.79. The van der Waals surface area contributed by atoms with Crippen LogP contribution in [0, 0.1) is 0 Å². The fourth-order valence-electron chi connectivity index (χ4n) is 1.62. The van der Waals surface area contributed by atoms with E-state index in [9.17, 15) is 18.0 Å². The van der Waals surface area contributed by atoms with Crippen LogP contribution in [0.5, 0.6) is 0 Å². The molecular weight excluding hydrogens is 296 g/mol. The number of aromatic carboxylic acids is 1. The highest BCUT2D eigenvalue weighted by atomic mass is 32.2. The van der Waals surface area contributed by atoms with Gasteiger partial charge < -0.3 is 5.11 Å². The van der Waals surface area contributed by atoms with E-state index in [1.165, 1.54) is 42.5 Å². The number of carboxylic acids is 1. The maximum Gasteiger partial charge on any atom is 0.354 e. The van der Waals surface area contributed by atoms with Crippen molar-refractivity contribution in [3.8, 4) is 0 Å². The number of primary sulfonamides is 1. The number of carbonyl (C=O) groups excluding carboxylic acids is 1. The molecule has 0 aliphatic rings. The third kappa shape index (κ3) is 3.30. The summed E-state index contributed by atoms with van der Waals surface area (Å²) in [4.78, 5) is 26.6. The van der Waals surface area contributed by atoms with Crippen LogP contribution in [0.15, 0.2) is 47.4 Å². The number of carbonyl (C=O) groups is 2. The van der Waals surface area contributed by atoms with Crippen molar-refractivity contribution in [2.75, 3.05) is 0 Å². The van der Waals surface area contributed by atoms with Gasteiger partial charge in [-0.25, -0.2) is 23.3 Å². The molecule has 3 N–H and O–H groups in total. The summed E-state index contributed by atoms with van der Waals surface area (Å²) >= 11 is 0. The third-order valence-electron chi connectivity index (χ3n) is 2.65. The van der Waals surface area contributed by atoms with Gasteiger partial charge in [-0.15, -0.1) is 0 Å². The molecule has 0 amide bonds. The Labute approximate surface area is 120 Å². The van der Waals surface area contributed by atoms with Crippen LogP contribution in [-0.4, -0.2) is 30.3 Å². The second-order valence-corrected chi connectivity index (χ2v) is 5.67. The molecule has 0 aliphatic carbocycles. The first-order valence-corrected chi connectivity index (χ1v) is 7.21. The van der Waals surface area contributed by atoms with Crippen LogP contribution in [0.25, 0.3) is 0 Å². The van der Waals surface area contributed by atoms with Gasteiger partial charge in [0.25, 0.3) is 0 Å². The molecule has 1 aromatic heterocycles. The molecule has 0 atom stereocenters. The molecule has 1 heterocycles. The van der Waals surface area contributed by atoms with Gasteiger partial charge in [0.15, 0.2) is 0 Å². The van der Waals surface area contributed by atoms with Gasteiger partial charge in [-0.3, -0.25) is 4.79 Å². The highest BCUT2D eigenvalue weighted by Gasteiger charge is 2.15. The Kier molecular flexibility index (Phi) is 3.83. The standard InChI is InChI=1S/C13H10N2O5S/c14-21(19,20)9-6-4-8(5-7-9)12(16)10-2-1-3-11(15-10)13(17)18/h1-7H,(H,17,18)(H2,14,19,20). The number of pyridine rings is 1. The van der Waals surface area contributed by atoms with Crippen LogP contribution in [0.4, 0.5) is 0 Å². The molecule has 0 saturated carbocycles. The van der Waals surface area contributed by atoms with Gasteiger partial charge in [0.1, 0.15) is 11.4 Å². The van der Waals surface area contributed by atoms with Crippen molar-refractivity contribution in [2.24, 2.45) is 5.14 Å². The van der Waals surface area contributed by atoms with Crippen molar-refractivity contribution in [3.05, 3.63) is 59.4 Å². The molecule has 0 radical (unpaired) electrons. The highest BCUT2D eigenvalue weighted by molar-refractivity contribution is 7.89. The lowest BCUT2D eigenvalue weighted by molar-refractivity contribution is 0.0690. The quantitative estimate of drug-likeness (QED) is 0.799. The number of hydrogen-bond acceptors (Lipinski definition) is 5. The fourth-order valence-corrected chi connectivity index (χ4v) is 2.14. The molecule has 1 aromatic carbocycles. The van der Waals surface area contributed by atoms with E-state index >= 15 is 0 Å². The largest absolute Gasteiger partial charge is 0.477 e. The molecule has 0 spiro atoms. The Bertz CT molecular complexity index is 813. The Morgan fingerprint density at radius 2 is 1.57 bits per heavy atom. The van der Waals surface area contributed by atoms with E-state index in [1.807, 2.05) is 0 Å². The van der Waals surface area contributed by atoms with Crippen LogP contribution < -0.4 is 5.14 Å². The molecule has 2 rings (SSSR count). The predicted octanol–water partition coefficient (Wildman–Crippen LogP) is 0.658. The number of rotatable bonds is 4. The number of benzene rings is 1. The summed E-state index contributed by atoms with van der Waals surface area (Å²) in [5.41, 5.74) is -0.113. The second kappa shape index (κ2) is 5.43. The van der Waals surface area contributed by atoms with Gasteiger partial charge in [0.05, 0.1) is 4.90 Å². The van der Waals surface area contributed by atoms with Gasteiger partial charge >= 0.3 is 5.97 Å². The molecule has 7 nitrogen and oxygen atoms in total. The molecule has 2 aromatic rings. The molecule has 108 valence electrons. The predicted molar refractivity (Wildman–Crippen MR) is 72.4 cm³/mol. The first kappa shape index (κ1) is 14.8. The van der Waals surface area contributed by atoms with Crippen LogP contribution in [-0.2, 0) is 10.0 Å². The number of aromatic nitrogens is 1. The van der Waals surface area contributed by atoms with E-state index in [0.717, 1.165) is 0 Å².